The molecule has 0 aromatic heterocycles. The number of rotatable bonds is 4. The van der Waals surface area contributed by atoms with Gasteiger partial charge in [0.1, 0.15) is 0 Å². The van der Waals surface area contributed by atoms with Gasteiger partial charge in [-0.2, -0.15) is 0 Å². The van der Waals surface area contributed by atoms with Crippen molar-refractivity contribution in [2.45, 2.75) is 52.4 Å². The van der Waals surface area contributed by atoms with Crippen molar-refractivity contribution in [2.75, 3.05) is 0 Å². The molecule has 0 saturated carbocycles. The molecular formula is C18H24. The van der Waals surface area contributed by atoms with E-state index < -0.39 is 0 Å². The van der Waals surface area contributed by atoms with Crippen molar-refractivity contribution in [1.29, 1.82) is 0 Å². The van der Waals surface area contributed by atoms with Gasteiger partial charge in [-0.25, -0.2) is 0 Å². The second-order valence-corrected chi connectivity index (χ2v) is 5.45. The first kappa shape index (κ1) is 13.1. The Morgan fingerprint density at radius 1 is 0.889 bits per heavy atom. The summed E-state index contributed by atoms with van der Waals surface area (Å²) in [6.07, 6.45) is 2.41. The van der Waals surface area contributed by atoms with Crippen LogP contribution < -0.4 is 0 Å². The highest BCUT2D eigenvalue weighted by atomic mass is 14.1. The van der Waals surface area contributed by atoms with Crippen LogP contribution >= 0.6 is 0 Å². The Bertz CT molecular complexity index is 525. The zero-order valence-corrected chi connectivity index (χ0v) is 12.0. The fraction of sp³-hybridized carbons (Fsp3) is 0.444. The first-order valence-electron chi connectivity index (χ1n) is 7.19. The lowest BCUT2D eigenvalue weighted by Crippen LogP contribution is -1.95. The Hall–Kier alpha value is -1.30. The van der Waals surface area contributed by atoms with E-state index in [0.29, 0.717) is 11.8 Å². The molecule has 96 valence electrons. The first-order valence-corrected chi connectivity index (χ1v) is 7.19. The van der Waals surface area contributed by atoms with Crippen LogP contribution in [0.1, 0.15) is 63.5 Å². The Labute approximate surface area is 111 Å². The third-order valence-electron chi connectivity index (χ3n) is 4.26. The molecule has 0 radical (unpaired) electrons. The predicted molar refractivity (Wildman–Crippen MR) is 81.4 cm³/mol. The van der Waals surface area contributed by atoms with Gasteiger partial charge in [0.15, 0.2) is 0 Å². The van der Waals surface area contributed by atoms with E-state index >= 15 is 0 Å². The topological polar surface area (TPSA) is 0 Å². The van der Waals surface area contributed by atoms with Crippen molar-refractivity contribution < 1.29 is 0 Å². The molecule has 0 aliphatic rings. The minimum absolute atomic E-state index is 0.640. The summed E-state index contributed by atoms with van der Waals surface area (Å²) in [5.41, 5.74) is 2.97. The van der Waals surface area contributed by atoms with Crippen molar-refractivity contribution in [2.24, 2.45) is 0 Å². The third-order valence-corrected chi connectivity index (χ3v) is 4.26. The molecule has 18 heavy (non-hydrogen) atoms. The maximum absolute atomic E-state index is 2.41. The summed E-state index contributed by atoms with van der Waals surface area (Å²) in [4.78, 5) is 0. The quantitative estimate of drug-likeness (QED) is 0.627. The minimum atomic E-state index is 0.640. The van der Waals surface area contributed by atoms with Gasteiger partial charge in [-0.1, -0.05) is 64.1 Å². The van der Waals surface area contributed by atoms with Gasteiger partial charge in [0.25, 0.3) is 0 Å². The maximum Gasteiger partial charge on any atom is -0.0146 e. The summed E-state index contributed by atoms with van der Waals surface area (Å²) < 4.78 is 0. The van der Waals surface area contributed by atoms with E-state index in [1.54, 1.807) is 0 Å². The van der Waals surface area contributed by atoms with E-state index in [9.17, 15) is 0 Å². The van der Waals surface area contributed by atoms with Crippen LogP contribution in [0.3, 0.4) is 0 Å². The van der Waals surface area contributed by atoms with E-state index in [1.165, 1.54) is 34.7 Å². The van der Waals surface area contributed by atoms with E-state index in [2.05, 4.69) is 64.1 Å². The number of benzene rings is 2. The summed E-state index contributed by atoms with van der Waals surface area (Å²) in [6.45, 7) is 9.16. The van der Waals surface area contributed by atoms with Crippen LogP contribution in [-0.4, -0.2) is 0 Å². The molecule has 0 aliphatic heterocycles. The van der Waals surface area contributed by atoms with Gasteiger partial charge >= 0.3 is 0 Å². The van der Waals surface area contributed by atoms with Crippen LogP contribution in [-0.2, 0) is 0 Å². The summed E-state index contributed by atoms with van der Waals surface area (Å²) in [5, 5.41) is 2.82. The average molecular weight is 240 g/mol. The zero-order chi connectivity index (χ0) is 13.1. The Morgan fingerprint density at radius 3 is 2.28 bits per heavy atom. The molecule has 0 heteroatoms. The van der Waals surface area contributed by atoms with Gasteiger partial charge in [0.2, 0.25) is 0 Å². The van der Waals surface area contributed by atoms with Crippen LogP contribution in [0.15, 0.2) is 36.4 Å². The maximum atomic E-state index is 2.41. The van der Waals surface area contributed by atoms with E-state index in [-0.39, 0.29) is 0 Å². The lowest BCUT2D eigenvalue weighted by molar-refractivity contribution is 0.731. The molecule has 0 bridgehead atoms. The lowest BCUT2D eigenvalue weighted by atomic mass is 9.89. The molecule has 0 N–H and O–H groups in total. The molecule has 2 aromatic carbocycles. The second kappa shape index (κ2) is 5.56. The number of hydrogen-bond acceptors (Lipinski definition) is 0. The van der Waals surface area contributed by atoms with Crippen molar-refractivity contribution in [3.8, 4) is 0 Å². The summed E-state index contributed by atoms with van der Waals surface area (Å²) in [5.74, 6) is 1.29. The lowest BCUT2D eigenvalue weighted by Gasteiger charge is -2.15. The predicted octanol–water partition coefficient (Wildman–Crippen LogP) is 5.87. The second-order valence-electron chi connectivity index (χ2n) is 5.45. The molecule has 2 atom stereocenters. The molecule has 0 fully saturated rings. The summed E-state index contributed by atoms with van der Waals surface area (Å²) in [6, 6.07) is 13.7. The summed E-state index contributed by atoms with van der Waals surface area (Å²) in [7, 11) is 0. The van der Waals surface area contributed by atoms with Gasteiger partial charge in [-0.05, 0) is 46.6 Å². The fourth-order valence-electron chi connectivity index (χ4n) is 2.51. The Balaban J connectivity index is 2.58. The fourth-order valence-corrected chi connectivity index (χ4v) is 2.51. The van der Waals surface area contributed by atoms with Gasteiger partial charge in [0.05, 0.1) is 0 Å². The normalized spacial score (nSPS) is 14.7. The number of fused-ring (bicyclic) bond motifs is 1. The molecular weight excluding hydrogens is 216 g/mol. The van der Waals surface area contributed by atoms with E-state index in [1.807, 2.05) is 0 Å². The molecule has 0 aliphatic carbocycles. The first-order chi connectivity index (χ1) is 8.67. The molecule has 0 amide bonds. The highest BCUT2D eigenvalue weighted by molar-refractivity contribution is 5.87. The summed E-state index contributed by atoms with van der Waals surface area (Å²) >= 11 is 0. The monoisotopic (exact) mass is 240 g/mol. The van der Waals surface area contributed by atoms with E-state index in [4.69, 9.17) is 0 Å². The highest BCUT2D eigenvalue weighted by Crippen LogP contribution is 2.30. The van der Waals surface area contributed by atoms with Crippen molar-refractivity contribution >= 4 is 10.8 Å². The molecule has 0 heterocycles. The van der Waals surface area contributed by atoms with Gasteiger partial charge in [-0.3, -0.25) is 0 Å². The SMILES string of the molecule is CCC(C)c1ccc2cccc(C(C)CC)c2c1. The zero-order valence-electron chi connectivity index (χ0n) is 12.0. The standard InChI is InChI=1S/C18H24/c1-5-13(3)16-11-10-15-8-7-9-17(14(4)6-2)18(15)12-16/h7-14H,5-6H2,1-4H3. The molecule has 0 nitrogen and oxygen atoms in total. The molecule has 0 spiro atoms. The van der Waals surface area contributed by atoms with Crippen molar-refractivity contribution in [3.63, 3.8) is 0 Å². The molecule has 0 saturated heterocycles. The van der Waals surface area contributed by atoms with Gasteiger partial charge in [-0.15, -0.1) is 0 Å². The van der Waals surface area contributed by atoms with Gasteiger partial charge < -0.3 is 0 Å². The number of hydrogen-bond donors (Lipinski definition) is 0. The van der Waals surface area contributed by atoms with Crippen LogP contribution in [0.4, 0.5) is 0 Å². The van der Waals surface area contributed by atoms with Crippen molar-refractivity contribution in [1.82, 2.24) is 0 Å². The molecule has 2 rings (SSSR count). The largest absolute Gasteiger partial charge is 0.0648 e. The highest BCUT2D eigenvalue weighted by Gasteiger charge is 2.09. The van der Waals surface area contributed by atoms with E-state index in [0.717, 1.165) is 0 Å². The Morgan fingerprint density at radius 2 is 1.61 bits per heavy atom. The third kappa shape index (κ3) is 2.43. The van der Waals surface area contributed by atoms with Crippen LogP contribution in [0.5, 0.6) is 0 Å². The van der Waals surface area contributed by atoms with Crippen molar-refractivity contribution in [3.05, 3.63) is 47.5 Å². The van der Waals surface area contributed by atoms with Crippen LogP contribution in [0.25, 0.3) is 10.8 Å². The van der Waals surface area contributed by atoms with Gasteiger partial charge in [0, 0.05) is 0 Å². The minimum Gasteiger partial charge on any atom is -0.0648 e. The smallest absolute Gasteiger partial charge is 0.0146 e. The van der Waals surface area contributed by atoms with Crippen LogP contribution in [0.2, 0.25) is 0 Å². The van der Waals surface area contributed by atoms with Crippen LogP contribution in [0, 0.1) is 0 Å². The Kier molecular flexibility index (Phi) is 4.06. The average Bonchev–Trinajstić information content (AvgIpc) is 2.44. The molecule has 2 aromatic rings. The molecule has 2 unspecified atom stereocenters.